The normalized spacial score (nSPS) is 23.3. The number of carbonyl (C=O) groups is 4. The SMILES string of the molecule is CC1(C)S[C@@H]2CC(=O)N2[C@@]1(NC(=O)C(NC(=O)CN=C(N)c1ccccc1)c1ccccc1)C(=O)O. The first-order valence-electron chi connectivity index (χ1n) is 11.3. The van der Waals surface area contributed by atoms with Gasteiger partial charge in [0.15, 0.2) is 0 Å². The van der Waals surface area contributed by atoms with E-state index in [1.54, 1.807) is 68.4 Å². The molecule has 5 N–H and O–H groups in total. The summed E-state index contributed by atoms with van der Waals surface area (Å²) in [6, 6.07) is 16.2. The summed E-state index contributed by atoms with van der Waals surface area (Å²) in [5, 5.41) is 15.1. The van der Waals surface area contributed by atoms with Crippen molar-refractivity contribution in [3.8, 4) is 0 Å². The Morgan fingerprint density at radius 3 is 2.33 bits per heavy atom. The molecule has 3 amide bonds. The van der Waals surface area contributed by atoms with Gasteiger partial charge in [0.2, 0.25) is 23.4 Å². The number of thioether (sulfide) groups is 1. The summed E-state index contributed by atoms with van der Waals surface area (Å²) in [5.74, 6) is -2.87. The predicted molar refractivity (Wildman–Crippen MR) is 135 cm³/mol. The zero-order valence-electron chi connectivity index (χ0n) is 19.8. The predicted octanol–water partition coefficient (Wildman–Crippen LogP) is 1.23. The lowest BCUT2D eigenvalue weighted by Crippen LogP contribution is -2.75. The Balaban J connectivity index is 1.58. The minimum absolute atomic E-state index is 0.170. The van der Waals surface area contributed by atoms with Crippen LogP contribution < -0.4 is 16.4 Å². The molecule has 2 heterocycles. The lowest BCUT2D eigenvalue weighted by Gasteiger charge is -2.46. The number of nitrogens with two attached hydrogens (primary N) is 1. The van der Waals surface area contributed by atoms with E-state index in [2.05, 4.69) is 15.6 Å². The molecule has 2 aromatic rings. The second-order valence-corrected chi connectivity index (χ2v) is 10.8. The highest BCUT2D eigenvalue weighted by atomic mass is 32.2. The zero-order valence-corrected chi connectivity index (χ0v) is 20.6. The number of aliphatic imine (C=N–C) groups is 1. The van der Waals surface area contributed by atoms with Gasteiger partial charge in [0.25, 0.3) is 0 Å². The molecule has 2 aliphatic heterocycles. The Bertz CT molecular complexity index is 1220. The number of benzene rings is 2. The molecule has 2 aliphatic rings. The van der Waals surface area contributed by atoms with Crippen molar-refractivity contribution >= 4 is 41.3 Å². The van der Waals surface area contributed by atoms with Gasteiger partial charge in [-0.15, -0.1) is 11.8 Å². The van der Waals surface area contributed by atoms with Crippen molar-refractivity contribution < 1.29 is 24.3 Å². The van der Waals surface area contributed by atoms with Crippen LogP contribution in [-0.4, -0.2) is 61.9 Å². The molecule has 0 bridgehead atoms. The molecule has 0 aliphatic carbocycles. The number of carbonyl (C=O) groups excluding carboxylic acids is 3. The van der Waals surface area contributed by atoms with Crippen LogP contribution >= 0.6 is 11.8 Å². The molecule has 188 valence electrons. The van der Waals surface area contributed by atoms with Crippen LogP contribution in [0.1, 0.15) is 37.4 Å². The maximum atomic E-state index is 13.6. The Morgan fingerprint density at radius 1 is 1.14 bits per heavy atom. The molecule has 1 unspecified atom stereocenters. The summed E-state index contributed by atoms with van der Waals surface area (Å²) in [6.45, 7) is 3.01. The Hall–Kier alpha value is -3.86. The molecule has 11 heteroatoms. The highest BCUT2D eigenvalue weighted by Crippen LogP contribution is 2.55. The molecule has 0 aromatic heterocycles. The van der Waals surface area contributed by atoms with E-state index in [1.165, 1.54) is 16.7 Å². The summed E-state index contributed by atoms with van der Waals surface area (Å²) in [5.41, 5.74) is 5.09. The van der Waals surface area contributed by atoms with E-state index in [1.807, 2.05) is 6.07 Å². The summed E-state index contributed by atoms with van der Waals surface area (Å²) in [4.78, 5) is 56.6. The quantitative estimate of drug-likeness (QED) is 0.237. The number of hydrogen-bond donors (Lipinski definition) is 4. The van der Waals surface area contributed by atoms with Crippen LogP contribution in [-0.2, 0) is 19.2 Å². The van der Waals surface area contributed by atoms with E-state index < -0.39 is 34.2 Å². The lowest BCUT2D eigenvalue weighted by molar-refractivity contribution is -0.173. The number of amidine groups is 1. The minimum atomic E-state index is -1.97. The summed E-state index contributed by atoms with van der Waals surface area (Å²) >= 11 is 1.32. The highest BCUT2D eigenvalue weighted by molar-refractivity contribution is 8.01. The van der Waals surface area contributed by atoms with E-state index in [0.29, 0.717) is 11.1 Å². The molecular weight excluding hydrogens is 482 g/mol. The number of carboxylic acid groups (broad SMARTS) is 1. The van der Waals surface area contributed by atoms with Crippen molar-refractivity contribution in [2.75, 3.05) is 6.54 Å². The standard InChI is InChI=1S/C25H27N5O5S/c1-24(2)25(23(34)35,30-18(32)13-19(30)36-24)29-22(33)20(15-9-5-3-6-10-15)28-17(31)14-27-21(26)16-11-7-4-8-12-16/h3-12,19-20H,13-14H2,1-2H3,(H2,26,27)(H,28,31)(H,29,33)(H,34,35)/t19-,20?,25+/m1/s1. The van der Waals surface area contributed by atoms with E-state index >= 15 is 0 Å². The molecule has 0 radical (unpaired) electrons. The maximum absolute atomic E-state index is 13.6. The van der Waals surface area contributed by atoms with Gasteiger partial charge in [0.1, 0.15) is 18.4 Å². The number of nitrogens with zero attached hydrogens (tertiary/aromatic N) is 2. The van der Waals surface area contributed by atoms with Gasteiger partial charge in [-0.3, -0.25) is 24.3 Å². The van der Waals surface area contributed by atoms with Gasteiger partial charge in [-0.05, 0) is 19.4 Å². The Morgan fingerprint density at radius 2 is 1.75 bits per heavy atom. The van der Waals surface area contributed by atoms with Gasteiger partial charge in [-0.1, -0.05) is 60.7 Å². The average Bonchev–Trinajstić information content (AvgIpc) is 3.03. The molecule has 2 fully saturated rings. The summed E-state index contributed by atoms with van der Waals surface area (Å²) < 4.78 is -1.02. The van der Waals surface area contributed by atoms with Gasteiger partial charge in [0.05, 0.1) is 16.5 Å². The maximum Gasteiger partial charge on any atom is 0.352 e. The lowest BCUT2D eigenvalue weighted by atomic mass is 9.89. The van der Waals surface area contributed by atoms with E-state index in [-0.39, 0.29) is 30.1 Å². The minimum Gasteiger partial charge on any atom is -0.478 e. The first-order valence-corrected chi connectivity index (χ1v) is 12.2. The third-order valence-electron chi connectivity index (χ3n) is 6.35. The largest absolute Gasteiger partial charge is 0.478 e. The third kappa shape index (κ3) is 4.41. The van der Waals surface area contributed by atoms with Crippen molar-refractivity contribution in [2.24, 2.45) is 10.7 Å². The molecule has 2 aromatic carbocycles. The monoisotopic (exact) mass is 509 g/mol. The number of nitrogens with one attached hydrogen (secondary N) is 2. The highest BCUT2D eigenvalue weighted by Gasteiger charge is 2.70. The van der Waals surface area contributed by atoms with Crippen molar-refractivity contribution in [3.63, 3.8) is 0 Å². The van der Waals surface area contributed by atoms with E-state index in [9.17, 15) is 24.3 Å². The molecule has 0 spiro atoms. The fourth-order valence-corrected chi connectivity index (χ4v) is 6.18. The molecule has 0 saturated carbocycles. The number of aliphatic carboxylic acids is 1. The molecule has 10 nitrogen and oxygen atoms in total. The summed E-state index contributed by atoms with van der Waals surface area (Å²) in [7, 11) is 0. The molecule has 4 rings (SSSR count). The molecular formula is C25H27N5O5S. The fourth-order valence-electron chi connectivity index (χ4n) is 4.48. The van der Waals surface area contributed by atoms with Crippen molar-refractivity contribution in [2.45, 2.75) is 42.1 Å². The van der Waals surface area contributed by atoms with Crippen LogP contribution in [0.15, 0.2) is 65.7 Å². The van der Waals surface area contributed by atoms with Crippen LogP contribution in [0.2, 0.25) is 0 Å². The third-order valence-corrected chi connectivity index (χ3v) is 7.88. The smallest absolute Gasteiger partial charge is 0.352 e. The van der Waals surface area contributed by atoms with E-state index in [0.717, 1.165) is 0 Å². The van der Waals surface area contributed by atoms with Crippen molar-refractivity contribution in [3.05, 3.63) is 71.8 Å². The fraction of sp³-hybridized carbons (Fsp3) is 0.320. The number of amides is 3. The van der Waals surface area contributed by atoms with Gasteiger partial charge in [0, 0.05) is 5.56 Å². The van der Waals surface area contributed by atoms with Crippen molar-refractivity contribution in [1.29, 1.82) is 0 Å². The van der Waals surface area contributed by atoms with E-state index in [4.69, 9.17) is 5.73 Å². The molecule has 2 saturated heterocycles. The Kier molecular flexibility index (Phi) is 6.77. The zero-order chi connectivity index (χ0) is 26.1. The van der Waals surface area contributed by atoms with Gasteiger partial charge >= 0.3 is 5.97 Å². The number of rotatable bonds is 8. The first-order chi connectivity index (χ1) is 17.1. The first kappa shape index (κ1) is 25.2. The van der Waals surface area contributed by atoms with Crippen LogP contribution in [0.3, 0.4) is 0 Å². The van der Waals surface area contributed by atoms with Crippen LogP contribution in [0.4, 0.5) is 0 Å². The molecule has 36 heavy (non-hydrogen) atoms. The van der Waals surface area contributed by atoms with Gasteiger partial charge < -0.3 is 21.5 Å². The Labute approximate surface area is 212 Å². The number of fused-ring (bicyclic) bond motifs is 1. The van der Waals surface area contributed by atoms with Crippen LogP contribution in [0.5, 0.6) is 0 Å². The number of carboxylic acids is 1. The van der Waals surface area contributed by atoms with Gasteiger partial charge in [-0.2, -0.15) is 0 Å². The van der Waals surface area contributed by atoms with Crippen LogP contribution in [0, 0.1) is 0 Å². The second-order valence-electron chi connectivity index (χ2n) is 9.03. The average molecular weight is 510 g/mol. The second kappa shape index (κ2) is 9.65. The molecule has 3 atom stereocenters. The van der Waals surface area contributed by atoms with Crippen LogP contribution in [0.25, 0.3) is 0 Å². The van der Waals surface area contributed by atoms with Gasteiger partial charge in [-0.25, -0.2) is 4.79 Å². The number of β-lactam (4-membered cyclic amide) rings is 1. The topological polar surface area (TPSA) is 154 Å². The number of hydrogen-bond acceptors (Lipinski definition) is 6. The van der Waals surface area contributed by atoms with Crippen molar-refractivity contribution in [1.82, 2.24) is 15.5 Å². The summed E-state index contributed by atoms with van der Waals surface area (Å²) in [6.07, 6.45) is 0.207.